The summed E-state index contributed by atoms with van der Waals surface area (Å²) in [6.07, 6.45) is 0.456. The van der Waals surface area contributed by atoms with Crippen molar-refractivity contribution >= 4 is 11.9 Å². The maximum atomic E-state index is 11.5. The van der Waals surface area contributed by atoms with E-state index in [1.807, 2.05) is 43.3 Å². The molecule has 0 bridgehead atoms. The number of hydrogen-bond donors (Lipinski definition) is 2. The van der Waals surface area contributed by atoms with E-state index in [2.05, 4.69) is 0 Å². The number of rotatable bonds is 7. The van der Waals surface area contributed by atoms with Crippen molar-refractivity contribution in [2.24, 2.45) is 5.92 Å². The molecular weight excluding hydrogens is 292 g/mol. The van der Waals surface area contributed by atoms with E-state index in [1.165, 1.54) is 0 Å². The van der Waals surface area contributed by atoms with Gasteiger partial charge in [-0.1, -0.05) is 67.6 Å². The van der Waals surface area contributed by atoms with Crippen LogP contribution in [0.4, 0.5) is 0 Å². The number of carbonyl (C=O) groups is 2. The summed E-state index contributed by atoms with van der Waals surface area (Å²) in [5.41, 5.74) is 1.81. The number of aliphatic carboxylic acids is 2. The van der Waals surface area contributed by atoms with E-state index in [0.29, 0.717) is 6.42 Å². The highest BCUT2D eigenvalue weighted by atomic mass is 16.4. The molecule has 2 atom stereocenters. The molecular formula is C19H20O4. The van der Waals surface area contributed by atoms with Gasteiger partial charge in [-0.05, 0) is 23.5 Å². The zero-order chi connectivity index (χ0) is 16.8. The third-order valence-electron chi connectivity index (χ3n) is 4.14. The molecule has 120 valence electrons. The molecule has 0 saturated carbocycles. The zero-order valence-electron chi connectivity index (χ0n) is 12.9. The van der Waals surface area contributed by atoms with Crippen LogP contribution in [0, 0.1) is 5.92 Å². The van der Waals surface area contributed by atoms with Gasteiger partial charge in [0.15, 0.2) is 5.92 Å². The first-order valence-electron chi connectivity index (χ1n) is 7.56. The molecule has 4 nitrogen and oxygen atoms in total. The van der Waals surface area contributed by atoms with Crippen molar-refractivity contribution in [2.45, 2.75) is 25.2 Å². The molecule has 0 heterocycles. The van der Waals surface area contributed by atoms with Crippen LogP contribution < -0.4 is 0 Å². The molecule has 0 aliphatic rings. The first-order chi connectivity index (χ1) is 11.0. The van der Waals surface area contributed by atoms with Crippen molar-refractivity contribution in [1.82, 2.24) is 0 Å². The lowest BCUT2D eigenvalue weighted by molar-refractivity contribution is -0.155. The minimum absolute atomic E-state index is 0.0580. The highest BCUT2D eigenvalue weighted by Gasteiger charge is 2.36. The van der Waals surface area contributed by atoms with Crippen LogP contribution >= 0.6 is 0 Å². The van der Waals surface area contributed by atoms with E-state index < -0.39 is 23.8 Å². The molecule has 0 amide bonds. The Morgan fingerprint density at radius 2 is 1.26 bits per heavy atom. The van der Waals surface area contributed by atoms with Gasteiger partial charge in [-0.15, -0.1) is 0 Å². The summed E-state index contributed by atoms with van der Waals surface area (Å²) in [7, 11) is 0. The van der Waals surface area contributed by atoms with E-state index >= 15 is 0 Å². The fraction of sp³-hybridized carbons (Fsp3) is 0.263. The molecule has 0 aromatic heterocycles. The van der Waals surface area contributed by atoms with Gasteiger partial charge < -0.3 is 10.2 Å². The van der Waals surface area contributed by atoms with Gasteiger partial charge in [0.1, 0.15) is 0 Å². The summed E-state index contributed by atoms with van der Waals surface area (Å²) in [4.78, 5) is 23.0. The van der Waals surface area contributed by atoms with Gasteiger partial charge in [-0.3, -0.25) is 9.59 Å². The van der Waals surface area contributed by atoms with E-state index in [-0.39, 0.29) is 5.92 Å². The van der Waals surface area contributed by atoms with Gasteiger partial charge in [0.2, 0.25) is 0 Å². The minimum Gasteiger partial charge on any atom is -0.481 e. The first kappa shape index (κ1) is 16.7. The average Bonchev–Trinajstić information content (AvgIpc) is 2.55. The maximum Gasteiger partial charge on any atom is 0.318 e. The molecule has 2 aromatic rings. The molecule has 0 radical (unpaired) electrons. The molecule has 0 aliphatic heterocycles. The van der Waals surface area contributed by atoms with Crippen molar-refractivity contribution < 1.29 is 19.8 Å². The highest BCUT2D eigenvalue weighted by molar-refractivity contribution is 5.94. The Morgan fingerprint density at radius 3 is 1.70 bits per heavy atom. The average molecular weight is 312 g/mol. The van der Waals surface area contributed by atoms with Crippen LogP contribution in [0.25, 0.3) is 0 Å². The first-order valence-corrected chi connectivity index (χ1v) is 7.56. The number of benzene rings is 2. The maximum absolute atomic E-state index is 11.5. The molecule has 23 heavy (non-hydrogen) atoms. The molecule has 2 N–H and O–H groups in total. The van der Waals surface area contributed by atoms with Gasteiger partial charge >= 0.3 is 11.9 Å². The van der Waals surface area contributed by atoms with Crippen LogP contribution in [-0.4, -0.2) is 22.2 Å². The Hall–Kier alpha value is -2.62. The van der Waals surface area contributed by atoms with Crippen LogP contribution in [-0.2, 0) is 9.59 Å². The Bertz CT molecular complexity index is 638. The molecule has 0 saturated heterocycles. The summed E-state index contributed by atoms with van der Waals surface area (Å²) in [5.74, 6) is -4.58. The molecule has 2 rings (SSSR count). The van der Waals surface area contributed by atoms with Crippen molar-refractivity contribution in [3.8, 4) is 0 Å². The van der Waals surface area contributed by atoms with Gasteiger partial charge in [0.05, 0.1) is 0 Å². The molecule has 0 spiro atoms. The molecule has 4 heteroatoms. The van der Waals surface area contributed by atoms with Gasteiger partial charge in [-0.2, -0.15) is 0 Å². The smallest absolute Gasteiger partial charge is 0.318 e. The Morgan fingerprint density at radius 1 is 0.826 bits per heavy atom. The highest BCUT2D eigenvalue weighted by Crippen LogP contribution is 2.35. The van der Waals surface area contributed by atoms with E-state index in [4.69, 9.17) is 0 Å². The van der Waals surface area contributed by atoms with Crippen molar-refractivity contribution in [3.63, 3.8) is 0 Å². The second kappa shape index (κ2) is 7.58. The Kier molecular flexibility index (Phi) is 5.52. The topological polar surface area (TPSA) is 74.6 Å². The molecule has 0 fully saturated rings. The third-order valence-corrected chi connectivity index (χ3v) is 4.14. The molecule has 2 aromatic carbocycles. The number of hydrogen-bond acceptors (Lipinski definition) is 2. The molecule has 0 aliphatic carbocycles. The van der Waals surface area contributed by atoms with Gasteiger partial charge in [0, 0.05) is 5.92 Å². The Balaban J connectivity index is 2.34. The van der Waals surface area contributed by atoms with E-state index in [9.17, 15) is 19.8 Å². The van der Waals surface area contributed by atoms with Crippen LogP contribution in [0.15, 0.2) is 60.7 Å². The van der Waals surface area contributed by atoms with Crippen molar-refractivity contribution in [1.29, 1.82) is 0 Å². The summed E-state index contributed by atoms with van der Waals surface area (Å²) < 4.78 is 0. The van der Waals surface area contributed by atoms with Crippen LogP contribution in [0.1, 0.15) is 36.3 Å². The van der Waals surface area contributed by atoms with E-state index in [0.717, 1.165) is 11.1 Å². The summed E-state index contributed by atoms with van der Waals surface area (Å²) >= 11 is 0. The van der Waals surface area contributed by atoms with Crippen LogP contribution in [0.3, 0.4) is 0 Å². The predicted octanol–water partition coefficient (Wildman–Crippen LogP) is 3.75. The zero-order valence-corrected chi connectivity index (χ0v) is 12.9. The lowest BCUT2D eigenvalue weighted by Gasteiger charge is -2.25. The Labute approximate surface area is 135 Å². The predicted molar refractivity (Wildman–Crippen MR) is 87.4 cm³/mol. The van der Waals surface area contributed by atoms with Crippen molar-refractivity contribution in [3.05, 3.63) is 71.8 Å². The monoisotopic (exact) mass is 312 g/mol. The van der Waals surface area contributed by atoms with E-state index in [1.54, 1.807) is 24.3 Å². The van der Waals surface area contributed by atoms with Gasteiger partial charge in [-0.25, -0.2) is 0 Å². The lowest BCUT2D eigenvalue weighted by atomic mass is 9.78. The normalized spacial score (nSPS) is 13.5. The lowest BCUT2D eigenvalue weighted by Crippen LogP contribution is -2.30. The van der Waals surface area contributed by atoms with Crippen LogP contribution in [0.2, 0.25) is 0 Å². The third kappa shape index (κ3) is 4.19. The van der Waals surface area contributed by atoms with Crippen LogP contribution in [0.5, 0.6) is 0 Å². The standard InChI is InChI=1S/C19H20O4/c1-13(14-8-4-2-5-9-14)12-16(15-10-6-3-7-11-15)17(18(20)21)19(22)23/h2-11,13,16-17H,12H2,1H3,(H,20,21)(H,22,23). The molecule has 2 unspecified atom stereocenters. The minimum atomic E-state index is -1.46. The summed E-state index contributed by atoms with van der Waals surface area (Å²) in [6, 6.07) is 18.7. The number of carboxylic acid groups (broad SMARTS) is 2. The van der Waals surface area contributed by atoms with Gasteiger partial charge in [0.25, 0.3) is 0 Å². The number of carboxylic acids is 2. The largest absolute Gasteiger partial charge is 0.481 e. The quantitative estimate of drug-likeness (QED) is 0.764. The fourth-order valence-corrected chi connectivity index (χ4v) is 2.91. The van der Waals surface area contributed by atoms with Crippen molar-refractivity contribution in [2.75, 3.05) is 0 Å². The fourth-order valence-electron chi connectivity index (χ4n) is 2.91. The summed E-state index contributed by atoms with van der Waals surface area (Å²) in [6.45, 7) is 1.99. The second-order valence-corrected chi connectivity index (χ2v) is 5.72. The SMILES string of the molecule is CC(CC(c1ccccc1)C(C(=O)O)C(=O)O)c1ccccc1. The second-order valence-electron chi connectivity index (χ2n) is 5.72. The summed E-state index contributed by atoms with van der Waals surface area (Å²) in [5, 5.41) is 18.8.